The third-order valence-electron chi connectivity index (χ3n) is 3.64. The van der Waals surface area contributed by atoms with Gasteiger partial charge >= 0.3 is 5.97 Å². The molecule has 2 aliphatic rings. The number of nitrogens with one attached hydrogen (secondary N) is 1. The SMILES string of the molecule is CCOC(=O)C1NC(=O)CC12CCOC2C. The number of carbonyl (C=O) groups excluding carboxylic acids is 2. The standard InChI is InChI=1S/C11H17NO4/c1-3-15-10(14)9-11(6-8(13)12-9)4-5-16-7(11)2/h7,9H,3-6H2,1-2H3,(H,12,13). The molecule has 2 saturated heterocycles. The summed E-state index contributed by atoms with van der Waals surface area (Å²) in [4.78, 5) is 23.3. The zero-order chi connectivity index (χ0) is 11.8. The highest BCUT2D eigenvalue weighted by Crippen LogP contribution is 2.45. The smallest absolute Gasteiger partial charge is 0.329 e. The summed E-state index contributed by atoms with van der Waals surface area (Å²) >= 11 is 0. The van der Waals surface area contributed by atoms with Crippen LogP contribution in [-0.4, -0.2) is 37.2 Å². The van der Waals surface area contributed by atoms with Crippen LogP contribution in [0, 0.1) is 5.41 Å². The largest absolute Gasteiger partial charge is 0.464 e. The van der Waals surface area contributed by atoms with Gasteiger partial charge in [-0.2, -0.15) is 0 Å². The zero-order valence-corrected chi connectivity index (χ0v) is 9.62. The van der Waals surface area contributed by atoms with Crippen LogP contribution in [0.15, 0.2) is 0 Å². The van der Waals surface area contributed by atoms with E-state index in [1.54, 1.807) is 6.92 Å². The summed E-state index contributed by atoms with van der Waals surface area (Å²) in [5, 5.41) is 2.71. The second-order valence-corrected chi connectivity index (χ2v) is 4.43. The van der Waals surface area contributed by atoms with Crippen molar-refractivity contribution in [2.45, 2.75) is 38.8 Å². The molecule has 0 saturated carbocycles. The number of rotatable bonds is 2. The Hall–Kier alpha value is -1.10. The average molecular weight is 227 g/mol. The number of amides is 1. The van der Waals surface area contributed by atoms with Crippen LogP contribution in [0.4, 0.5) is 0 Å². The van der Waals surface area contributed by atoms with Gasteiger partial charge in [-0.05, 0) is 20.3 Å². The van der Waals surface area contributed by atoms with Crippen LogP contribution < -0.4 is 5.32 Å². The van der Waals surface area contributed by atoms with E-state index in [4.69, 9.17) is 9.47 Å². The van der Waals surface area contributed by atoms with Crippen molar-refractivity contribution >= 4 is 11.9 Å². The molecule has 1 N–H and O–H groups in total. The van der Waals surface area contributed by atoms with Gasteiger partial charge in [-0.3, -0.25) is 4.79 Å². The molecule has 0 radical (unpaired) electrons. The molecule has 0 aromatic heterocycles. The van der Waals surface area contributed by atoms with Gasteiger partial charge in [0.25, 0.3) is 0 Å². The Morgan fingerprint density at radius 3 is 3.00 bits per heavy atom. The Bertz CT molecular complexity index is 317. The van der Waals surface area contributed by atoms with Gasteiger partial charge in [0.05, 0.1) is 12.7 Å². The number of hydrogen-bond donors (Lipinski definition) is 1. The van der Waals surface area contributed by atoms with Crippen molar-refractivity contribution in [1.29, 1.82) is 0 Å². The third kappa shape index (κ3) is 1.59. The fourth-order valence-corrected chi connectivity index (χ4v) is 2.68. The van der Waals surface area contributed by atoms with E-state index in [1.807, 2.05) is 6.92 Å². The molecule has 1 spiro atoms. The third-order valence-corrected chi connectivity index (χ3v) is 3.64. The van der Waals surface area contributed by atoms with E-state index in [2.05, 4.69) is 5.32 Å². The van der Waals surface area contributed by atoms with E-state index in [9.17, 15) is 9.59 Å². The Labute approximate surface area is 94.5 Å². The van der Waals surface area contributed by atoms with Crippen molar-refractivity contribution in [2.24, 2.45) is 5.41 Å². The molecule has 0 aliphatic carbocycles. The van der Waals surface area contributed by atoms with Crippen molar-refractivity contribution in [3.63, 3.8) is 0 Å². The molecule has 2 fully saturated rings. The van der Waals surface area contributed by atoms with Crippen LogP contribution in [0.1, 0.15) is 26.7 Å². The number of ether oxygens (including phenoxy) is 2. The minimum Gasteiger partial charge on any atom is -0.464 e. The molecule has 5 nitrogen and oxygen atoms in total. The summed E-state index contributed by atoms with van der Waals surface area (Å²) < 4.78 is 10.5. The first kappa shape index (κ1) is 11.4. The maximum atomic E-state index is 11.8. The Kier molecular flexibility index (Phi) is 2.88. The Balaban J connectivity index is 2.22. The highest BCUT2D eigenvalue weighted by molar-refractivity contribution is 5.90. The second-order valence-electron chi connectivity index (χ2n) is 4.43. The minimum atomic E-state index is -0.544. The van der Waals surface area contributed by atoms with E-state index in [0.717, 1.165) is 6.42 Å². The molecule has 5 heteroatoms. The van der Waals surface area contributed by atoms with E-state index < -0.39 is 11.5 Å². The van der Waals surface area contributed by atoms with Gasteiger partial charge in [0.1, 0.15) is 6.04 Å². The summed E-state index contributed by atoms with van der Waals surface area (Å²) in [6.07, 6.45) is 1.01. The average Bonchev–Trinajstić information content (AvgIpc) is 2.74. The Morgan fingerprint density at radius 2 is 2.44 bits per heavy atom. The van der Waals surface area contributed by atoms with Gasteiger partial charge in [-0.25, -0.2) is 4.79 Å². The van der Waals surface area contributed by atoms with Gasteiger partial charge in [0, 0.05) is 18.4 Å². The quantitative estimate of drug-likeness (QED) is 0.686. The monoisotopic (exact) mass is 227 g/mol. The maximum Gasteiger partial charge on any atom is 0.329 e. The van der Waals surface area contributed by atoms with Crippen molar-refractivity contribution in [2.75, 3.05) is 13.2 Å². The van der Waals surface area contributed by atoms with Gasteiger partial charge < -0.3 is 14.8 Å². The highest BCUT2D eigenvalue weighted by Gasteiger charge is 2.57. The fraction of sp³-hybridized carbons (Fsp3) is 0.818. The van der Waals surface area contributed by atoms with E-state index in [1.165, 1.54) is 0 Å². The predicted octanol–water partition coefficient (Wildman–Crippen LogP) is 0.233. The lowest BCUT2D eigenvalue weighted by molar-refractivity contribution is -0.149. The van der Waals surface area contributed by atoms with Crippen LogP contribution in [0.3, 0.4) is 0 Å². The van der Waals surface area contributed by atoms with Gasteiger partial charge in [0.15, 0.2) is 0 Å². The maximum absolute atomic E-state index is 11.8. The topological polar surface area (TPSA) is 64.6 Å². The lowest BCUT2D eigenvalue weighted by Gasteiger charge is -2.30. The molecule has 0 aromatic carbocycles. The molecule has 3 unspecified atom stereocenters. The first-order valence-electron chi connectivity index (χ1n) is 5.68. The van der Waals surface area contributed by atoms with Crippen molar-refractivity contribution in [1.82, 2.24) is 5.32 Å². The molecule has 0 aromatic rings. The lowest BCUT2D eigenvalue weighted by atomic mass is 9.75. The molecule has 3 atom stereocenters. The molecule has 1 amide bonds. The van der Waals surface area contributed by atoms with Crippen LogP contribution in [-0.2, 0) is 19.1 Å². The predicted molar refractivity (Wildman–Crippen MR) is 55.6 cm³/mol. The summed E-state index contributed by atoms with van der Waals surface area (Å²) in [5.74, 6) is -0.430. The normalized spacial score (nSPS) is 37.8. The number of esters is 1. The zero-order valence-electron chi connectivity index (χ0n) is 9.62. The minimum absolute atomic E-state index is 0.0825. The molecular formula is C11H17NO4. The molecular weight excluding hydrogens is 210 g/mol. The van der Waals surface area contributed by atoms with Crippen molar-refractivity contribution < 1.29 is 19.1 Å². The van der Waals surface area contributed by atoms with Crippen LogP contribution in [0.2, 0.25) is 0 Å². The summed E-state index contributed by atoms with van der Waals surface area (Å²) in [6.45, 7) is 4.61. The highest BCUT2D eigenvalue weighted by atomic mass is 16.5. The van der Waals surface area contributed by atoms with Crippen LogP contribution >= 0.6 is 0 Å². The summed E-state index contributed by atoms with van der Waals surface area (Å²) in [5.41, 5.74) is -0.399. The molecule has 16 heavy (non-hydrogen) atoms. The van der Waals surface area contributed by atoms with E-state index in [0.29, 0.717) is 19.6 Å². The number of hydrogen-bond acceptors (Lipinski definition) is 4. The molecule has 90 valence electrons. The fourth-order valence-electron chi connectivity index (χ4n) is 2.68. The summed E-state index contributed by atoms with van der Waals surface area (Å²) in [7, 11) is 0. The lowest BCUT2D eigenvalue weighted by Crippen LogP contribution is -2.47. The van der Waals surface area contributed by atoms with Crippen molar-refractivity contribution in [3.8, 4) is 0 Å². The van der Waals surface area contributed by atoms with Gasteiger partial charge in [-0.1, -0.05) is 0 Å². The van der Waals surface area contributed by atoms with Gasteiger partial charge in [0.2, 0.25) is 5.91 Å². The Morgan fingerprint density at radius 1 is 1.69 bits per heavy atom. The van der Waals surface area contributed by atoms with Crippen LogP contribution in [0.25, 0.3) is 0 Å². The molecule has 2 heterocycles. The van der Waals surface area contributed by atoms with E-state index in [-0.39, 0.29) is 18.0 Å². The molecule has 2 rings (SSSR count). The summed E-state index contributed by atoms with van der Waals surface area (Å²) in [6, 6.07) is -0.544. The molecule has 0 bridgehead atoms. The first-order chi connectivity index (χ1) is 7.60. The second kappa shape index (κ2) is 4.05. The first-order valence-corrected chi connectivity index (χ1v) is 5.68. The van der Waals surface area contributed by atoms with Crippen LogP contribution in [0.5, 0.6) is 0 Å². The number of carbonyl (C=O) groups is 2. The van der Waals surface area contributed by atoms with Gasteiger partial charge in [-0.15, -0.1) is 0 Å². The molecule has 2 aliphatic heterocycles. The van der Waals surface area contributed by atoms with E-state index >= 15 is 0 Å². The van der Waals surface area contributed by atoms with Crippen molar-refractivity contribution in [3.05, 3.63) is 0 Å².